The van der Waals surface area contributed by atoms with E-state index in [1.54, 1.807) is 12.1 Å². The highest BCUT2D eigenvalue weighted by Crippen LogP contribution is 2.32. The number of halogens is 1. The molecule has 0 atom stereocenters. The Kier molecular flexibility index (Phi) is 2.69. The minimum absolute atomic E-state index is 0.277. The van der Waals surface area contributed by atoms with E-state index in [0.717, 1.165) is 21.9 Å². The van der Waals surface area contributed by atoms with Gasteiger partial charge < -0.3 is 5.11 Å². The molecule has 3 aromatic rings. The normalized spacial score (nSPS) is 10.7. The number of benzene rings is 3. The summed E-state index contributed by atoms with van der Waals surface area (Å²) in [5.41, 5.74) is 2.06. The molecule has 3 aromatic carbocycles. The van der Waals surface area contributed by atoms with E-state index in [1.165, 1.54) is 0 Å². The molecule has 3 rings (SSSR count). The molecule has 1 N–H and O–H groups in total. The Hall–Kier alpha value is -1.99. The molecule has 0 unspecified atom stereocenters. The number of rotatable bonds is 1. The van der Waals surface area contributed by atoms with Crippen LogP contribution in [0.4, 0.5) is 0 Å². The van der Waals surface area contributed by atoms with Crippen molar-refractivity contribution in [1.29, 1.82) is 0 Å². The fraction of sp³-hybridized carbons (Fsp3) is 0. The molecular formula is C16H11ClO. The van der Waals surface area contributed by atoms with Crippen molar-refractivity contribution in [2.45, 2.75) is 0 Å². The van der Waals surface area contributed by atoms with Crippen LogP contribution in [0.5, 0.6) is 5.75 Å². The van der Waals surface area contributed by atoms with Crippen molar-refractivity contribution < 1.29 is 5.11 Å². The lowest BCUT2D eigenvalue weighted by Gasteiger charge is -2.08. The monoisotopic (exact) mass is 254 g/mol. The van der Waals surface area contributed by atoms with Gasteiger partial charge in [0.25, 0.3) is 0 Å². The molecule has 0 radical (unpaired) electrons. The maximum atomic E-state index is 9.80. The predicted octanol–water partition coefficient (Wildman–Crippen LogP) is 4.87. The van der Waals surface area contributed by atoms with Crippen molar-refractivity contribution in [3.05, 3.63) is 65.7 Å². The Labute approximate surface area is 110 Å². The molecule has 2 heteroatoms. The van der Waals surface area contributed by atoms with Crippen molar-refractivity contribution in [3.8, 4) is 16.9 Å². The van der Waals surface area contributed by atoms with E-state index >= 15 is 0 Å². The third kappa shape index (κ3) is 1.93. The molecule has 0 aliphatic heterocycles. The minimum Gasteiger partial charge on any atom is -0.508 e. The number of hydrogen-bond acceptors (Lipinski definition) is 1. The van der Waals surface area contributed by atoms with Crippen LogP contribution in [0.3, 0.4) is 0 Å². The van der Waals surface area contributed by atoms with Crippen LogP contribution in [0.1, 0.15) is 0 Å². The Morgan fingerprint density at radius 1 is 0.833 bits per heavy atom. The average molecular weight is 255 g/mol. The largest absolute Gasteiger partial charge is 0.508 e. The van der Waals surface area contributed by atoms with E-state index in [2.05, 4.69) is 6.07 Å². The summed E-state index contributed by atoms with van der Waals surface area (Å²) in [7, 11) is 0. The topological polar surface area (TPSA) is 20.2 Å². The van der Waals surface area contributed by atoms with Crippen LogP contribution in [0, 0.1) is 0 Å². The molecule has 0 fully saturated rings. The molecular weight excluding hydrogens is 244 g/mol. The van der Waals surface area contributed by atoms with Gasteiger partial charge in [0.15, 0.2) is 0 Å². The predicted molar refractivity (Wildman–Crippen MR) is 76.1 cm³/mol. The van der Waals surface area contributed by atoms with Gasteiger partial charge in [-0.2, -0.15) is 0 Å². The lowest BCUT2D eigenvalue weighted by molar-refractivity contribution is 0.476. The van der Waals surface area contributed by atoms with Gasteiger partial charge in [-0.1, -0.05) is 48.0 Å². The summed E-state index contributed by atoms with van der Waals surface area (Å²) in [4.78, 5) is 0. The van der Waals surface area contributed by atoms with Crippen LogP contribution in [0.25, 0.3) is 21.9 Å². The molecule has 0 aliphatic carbocycles. The first-order chi connectivity index (χ1) is 8.74. The van der Waals surface area contributed by atoms with E-state index < -0.39 is 0 Å². The Morgan fingerprint density at radius 3 is 2.33 bits per heavy atom. The van der Waals surface area contributed by atoms with E-state index in [4.69, 9.17) is 11.6 Å². The smallest absolute Gasteiger partial charge is 0.116 e. The van der Waals surface area contributed by atoms with Gasteiger partial charge in [0.1, 0.15) is 5.75 Å². The van der Waals surface area contributed by atoms with Crippen molar-refractivity contribution >= 4 is 22.4 Å². The highest BCUT2D eigenvalue weighted by atomic mass is 35.5. The van der Waals surface area contributed by atoms with Crippen molar-refractivity contribution in [3.63, 3.8) is 0 Å². The second-order valence-electron chi connectivity index (χ2n) is 4.22. The zero-order chi connectivity index (χ0) is 12.5. The van der Waals surface area contributed by atoms with Gasteiger partial charge in [-0.3, -0.25) is 0 Å². The average Bonchev–Trinajstić information content (AvgIpc) is 2.38. The first kappa shape index (κ1) is 11.1. The van der Waals surface area contributed by atoms with Crippen molar-refractivity contribution in [2.24, 2.45) is 0 Å². The Balaban J connectivity index is 2.31. The lowest BCUT2D eigenvalue weighted by Crippen LogP contribution is -1.81. The van der Waals surface area contributed by atoms with Crippen LogP contribution in [-0.2, 0) is 0 Å². The van der Waals surface area contributed by atoms with Gasteiger partial charge in [0.2, 0.25) is 0 Å². The molecule has 0 bridgehead atoms. The Morgan fingerprint density at radius 2 is 1.56 bits per heavy atom. The molecule has 0 saturated carbocycles. The van der Waals surface area contributed by atoms with Crippen LogP contribution in [0.15, 0.2) is 60.7 Å². The van der Waals surface area contributed by atoms with Crippen LogP contribution >= 0.6 is 11.6 Å². The first-order valence-electron chi connectivity index (χ1n) is 5.72. The zero-order valence-corrected chi connectivity index (χ0v) is 10.4. The lowest BCUT2D eigenvalue weighted by atomic mass is 9.98. The molecule has 0 aromatic heterocycles. The summed E-state index contributed by atoms with van der Waals surface area (Å²) in [5, 5.41) is 12.7. The SMILES string of the molecule is Oc1cc(-c2ccc(Cl)cc2)c2ccccc2c1. The summed E-state index contributed by atoms with van der Waals surface area (Å²) in [5.74, 6) is 0.277. The molecule has 18 heavy (non-hydrogen) atoms. The fourth-order valence-corrected chi connectivity index (χ4v) is 2.29. The van der Waals surface area contributed by atoms with Gasteiger partial charge in [0, 0.05) is 5.02 Å². The molecule has 0 aliphatic rings. The summed E-state index contributed by atoms with van der Waals surface area (Å²) >= 11 is 5.90. The van der Waals surface area contributed by atoms with Crippen LogP contribution < -0.4 is 0 Å². The highest BCUT2D eigenvalue weighted by molar-refractivity contribution is 6.30. The summed E-state index contributed by atoms with van der Waals surface area (Å²) in [6, 6.07) is 19.2. The maximum Gasteiger partial charge on any atom is 0.116 e. The molecule has 88 valence electrons. The zero-order valence-electron chi connectivity index (χ0n) is 9.60. The first-order valence-corrected chi connectivity index (χ1v) is 6.09. The standard InChI is InChI=1S/C16H11ClO/c17-13-7-5-11(6-8-13)16-10-14(18)9-12-3-1-2-4-15(12)16/h1-10,18H. The van der Waals surface area contributed by atoms with Crippen molar-refractivity contribution in [1.82, 2.24) is 0 Å². The third-order valence-corrected chi connectivity index (χ3v) is 3.25. The number of hydrogen-bond donors (Lipinski definition) is 1. The second kappa shape index (κ2) is 4.35. The highest BCUT2D eigenvalue weighted by Gasteiger charge is 2.05. The van der Waals surface area contributed by atoms with E-state index in [1.807, 2.05) is 42.5 Å². The number of phenolic OH excluding ortho intramolecular Hbond substituents is 1. The van der Waals surface area contributed by atoms with Gasteiger partial charge in [-0.05, 0) is 46.2 Å². The summed E-state index contributed by atoms with van der Waals surface area (Å²) in [6.45, 7) is 0. The summed E-state index contributed by atoms with van der Waals surface area (Å²) in [6.07, 6.45) is 0. The van der Waals surface area contributed by atoms with Gasteiger partial charge >= 0.3 is 0 Å². The van der Waals surface area contributed by atoms with Gasteiger partial charge in [0.05, 0.1) is 0 Å². The molecule has 0 saturated heterocycles. The third-order valence-electron chi connectivity index (χ3n) is 3.00. The minimum atomic E-state index is 0.277. The second-order valence-corrected chi connectivity index (χ2v) is 4.66. The number of phenols is 1. The van der Waals surface area contributed by atoms with E-state index in [9.17, 15) is 5.11 Å². The molecule has 0 spiro atoms. The quantitative estimate of drug-likeness (QED) is 0.657. The number of fused-ring (bicyclic) bond motifs is 1. The van der Waals surface area contributed by atoms with Crippen molar-refractivity contribution in [2.75, 3.05) is 0 Å². The fourth-order valence-electron chi connectivity index (χ4n) is 2.16. The Bertz CT molecular complexity index is 702. The molecule has 1 nitrogen and oxygen atoms in total. The number of aromatic hydroxyl groups is 1. The van der Waals surface area contributed by atoms with Gasteiger partial charge in [-0.15, -0.1) is 0 Å². The van der Waals surface area contributed by atoms with E-state index in [-0.39, 0.29) is 5.75 Å². The van der Waals surface area contributed by atoms with E-state index in [0.29, 0.717) is 5.02 Å². The maximum absolute atomic E-state index is 9.80. The molecule has 0 amide bonds. The van der Waals surface area contributed by atoms with Crippen LogP contribution in [-0.4, -0.2) is 5.11 Å². The summed E-state index contributed by atoms with van der Waals surface area (Å²) < 4.78 is 0. The van der Waals surface area contributed by atoms with Gasteiger partial charge in [-0.25, -0.2) is 0 Å². The molecule has 0 heterocycles. The van der Waals surface area contributed by atoms with Crippen LogP contribution in [0.2, 0.25) is 5.02 Å².